The Balaban J connectivity index is 0.000000293. The van der Waals surface area contributed by atoms with E-state index in [1.54, 1.807) is 0 Å². The number of nitrogens with zero attached hydrogens (tertiary/aromatic N) is 2. The molecule has 0 bridgehead atoms. The normalized spacial score (nSPS) is 11.8. The van der Waals surface area contributed by atoms with E-state index in [1.807, 2.05) is 0 Å². The van der Waals surface area contributed by atoms with E-state index in [4.69, 9.17) is 0 Å². The molecule has 4 rings (SSSR count). The summed E-state index contributed by atoms with van der Waals surface area (Å²) in [5.74, 6) is 0. The van der Waals surface area contributed by atoms with Gasteiger partial charge < -0.3 is 9.80 Å². The highest BCUT2D eigenvalue weighted by atomic mass is 19.4. The average Bonchev–Trinajstić information content (AvgIpc) is 2.92. The Morgan fingerprint density at radius 1 is 0.821 bits per heavy atom. The zero-order valence-electron chi connectivity index (χ0n) is 23.3. The van der Waals surface area contributed by atoms with E-state index in [9.17, 15) is 18.0 Å². The molecule has 0 saturated heterocycles. The Kier molecular flexibility index (Phi) is 11.1. The monoisotopic (exact) mass is 536 g/mol. The lowest BCUT2D eigenvalue weighted by Crippen LogP contribution is -2.34. The molecule has 0 N–H and O–H groups in total. The van der Waals surface area contributed by atoms with Crippen molar-refractivity contribution in [3.8, 4) is 0 Å². The van der Waals surface area contributed by atoms with Crippen LogP contribution >= 0.6 is 0 Å². The van der Waals surface area contributed by atoms with Gasteiger partial charge in [-0.3, -0.25) is 4.79 Å². The van der Waals surface area contributed by atoms with Crippen molar-refractivity contribution in [2.45, 2.75) is 52.4 Å². The lowest BCUT2D eigenvalue weighted by atomic mass is 9.96. The Bertz CT molecular complexity index is 1300. The van der Waals surface area contributed by atoms with E-state index in [-0.39, 0.29) is 5.56 Å². The number of benzene rings is 4. The lowest BCUT2D eigenvalue weighted by molar-refractivity contribution is -0.137. The minimum absolute atomic E-state index is 0.0322. The third kappa shape index (κ3) is 8.64. The summed E-state index contributed by atoms with van der Waals surface area (Å²) in [4.78, 5) is 15.2. The molecule has 0 atom stereocenters. The van der Waals surface area contributed by atoms with Crippen molar-refractivity contribution in [1.82, 2.24) is 9.80 Å². The van der Waals surface area contributed by atoms with Crippen LogP contribution in [-0.2, 0) is 12.7 Å². The maximum Gasteiger partial charge on any atom is 0.416 e. The Hall–Kier alpha value is -3.22. The van der Waals surface area contributed by atoms with Gasteiger partial charge in [-0.1, -0.05) is 67.6 Å². The second kappa shape index (κ2) is 14.2. The third-order valence-electron chi connectivity index (χ3n) is 6.89. The number of aldehydes is 1. The summed E-state index contributed by atoms with van der Waals surface area (Å²) in [6.07, 6.45) is -1.54. The van der Waals surface area contributed by atoms with Crippen molar-refractivity contribution in [1.29, 1.82) is 0 Å². The van der Waals surface area contributed by atoms with Crippen LogP contribution in [0.1, 0.15) is 55.1 Å². The number of carbonyl (C=O) groups is 1. The molecule has 4 aromatic carbocycles. The zero-order chi connectivity index (χ0) is 28.4. The van der Waals surface area contributed by atoms with Crippen LogP contribution in [0.2, 0.25) is 0 Å². The molecule has 0 aliphatic heterocycles. The number of rotatable bonds is 10. The van der Waals surface area contributed by atoms with Gasteiger partial charge in [0.2, 0.25) is 0 Å². The molecule has 39 heavy (non-hydrogen) atoms. The zero-order valence-corrected chi connectivity index (χ0v) is 23.3. The van der Waals surface area contributed by atoms with Crippen LogP contribution in [0.3, 0.4) is 0 Å². The molecule has 0 aromatic heterocycles. The SMILES string of the molecule is CCCN(CCCN(C)Cc1c2ccccc2cc2ccccc12)C(C)C.O=Cc1cccc(C(F)(F)F)c1. The number of alkyl halides is 3. The highest BCUT2D eigenvalue weighted by molar-refractivity contribution is 6.02. The summed E-state index contributed by atoms with van der Waals surface area (Å²) >= 11 is 0. The first kappa shape index (κ1) is 30.3. The topological polar surface area (TPSA) is 23.6 Å². The second-order valence-corrected chi connectivity index (χ2v) is 10.3. The van der Waals surface area contributed by atoms with Gasteiger partial charge in [-0.25, -0.2) is 0 Å². The van der Waals surface area contributed by atoms with Gasteiger partial charge in [-0.2, -0.15) is 13.2 Å². The van der Waals surface area contributed by atoms with Crippen LogP contribution < -0.4 is 0 Å². The first-order valence-electron chi connectivity index (χ1n) is 13.6. The van der Waals surface area contributed by atoms with Crippen molar-refractivity contribution >= 4 is 27.8 Å². The number of hydrogen-bond acceptors (Lipinski definition) is 3. The molecule has 0 aliphatic carbocycles. The van der Waals surface area contributed by atoms with Gasteiger partial charge in [-0.15, -0.1) is 0 Å². The summed E-state index contributed by atoms with van der Waals surface area (Å²) in [6.45, 7) is 11.4. The first-order chi connectivity index (χ1) is 18.6. The van der Waals surface area contributed by atoms with Gasteiger partial charge in [-0.05, 0) is 98.7 Å². The van der Waals surface area contributed by atoms with Crippen LogP contribution in [0.25, 0.3) is 21.5 Å². The van der Waals surface area contributed by atoms with Gasteiger partial charge in [0.15, 0.2) is 0 Å². The molecule has 0 amide bonds. The van der Waals surface area contributed by atoms with Crippen molar-refractivity contribution in [3.05, 3.63) is 95.6 Å². The minimum Gasteiger partial charge on any atom is -0.302 e. The molecule has 0 saturated carbocycles. The van der Waals surface area contributed by atoms with Gasteiger partial charge in [0.25, 0.3) is 0 Å². The first-order valence-corrected chi connectivity index (χ1v) is 13.6. The fraction of sp³-hybridized carbons (Fsp3) is 0.364. The van der Waals surface area contributed by atoms with Crippen molar-refractivity contribution < 1.29 is 18.0 Å². The van der Waals surface area contributed by atoms with Gasteiger partial charge >= 0.3 is 6.18 Å². The van der Waals surface area contributed by atoms with E-state index in [0.717, 1.165) is 25.2 Å². The van der Waals surface area contributed by atoms with E-state index in [1.165, 1.54) is 65.2 Å². The molecule has 0 fully saturated rings. The molecule has 0 radical (unpaired) electrons. The van der Waals surface area contributed by atoms with Crippen molar-refractivity contribution in [3.63, 3.8) is 0 Å². The molecule has 208 valence electrons. The van der Waals surface area contributed by atoms with Crippen LogP contribution in [-0.4, -0.2) is 48.8 Å². The highest BCUT2D eigenvalue weighted by Crippen LogP contribution is 2.30. The van der Waals surface area contributed by atoms with Crippen molar-refractivity contribution in [2.24, 2.45) is 0 Å². The molecule has 6 heteroatoms. The summed E-state index contributed by atoms with van der Waals surface area (Å²) in [7, 11) is 2.26. The molecule has 3 nitrogen and oxygen atoms in total. The highest BCUT2D eigenvalue weighted by Gasteiger charge is 2.30. The number of hydrogen-bond donors (Lipinski definition) is 0. The fourth-order valence-corrected chi connectivity index (χ4v) is 4.87. The van der Waals surface area contributed by atoms with Crippen LogP contribution in [0, 0.1) is 0 Å². The molecule has 4 aromatic rings. The predicted molar refractivity (Wildman–Crippen MR) is 156 cm³/mol. The van der Waals surface area contributed by atoms with Crippen LogP contribution in [0.4, 0.5) is 13.2 Å². The van der Waals surface area contributed by atoms with E-state index < -0.39 is 11.7 Å². The molecule has 0 heterocycles. The van der Waals surface area contributed by atoms with Gasteiger partial charge in [0.05, 0.1) is 5.56 Å². The molecular formula is C33H39F3N2O. The molecule has 0 aliphatic rings. The molecule has 0 unspecified atom stereocenters. The number of halogens is 3. The summed E-state index contributed by atoms with van der Waals surface area (Å²) < 4.78 is 36.0. The average molecular weight is 537 g/mol. The maximum absolute atomic E-state index is 12.0. The van der Waals surface area contributed by atoms with Crippen LogP contribution in [0.5, 0.6) is 0 Å². The second-order valence-electron chi connectivity index (χ2n) is 10.3. The Morgan fingerprint density at radius 3 is 1.97 bits per heavy atom. The van der Waals surface area contributed by atoms with Gasteiger partial charge in [0.1, 0.15) is 6.29 Å². The maximum atomic E-state index is 12.0. The fourth-order valence-electron chi connectivity index (χ4n) is 4.87. The molecular weight excluding hydrogens is 497 g/mol. The summed E-state index contributed by atoms with van der Waals surface area (Å²) in [5.41, 5.74) is 0.692. The predicted octanol–water partition coefficient (Wildman–Crippen LogP) is 8.45. The Morgan fingerprint density at radius 2 is 1.44 bits per heavy atom. The van der Waals surface area contributed by atoms with Crippen LogP contribution in [0.15, 0.2) is 78.9 Å². The third-order valence-corrected chi connectivity index (χ3v) is 6.89. The van der Waals surface area contributed by atoms with E-state index in [2.05, 4.69) is 92.2 Å². The quantitative estimate of drug-likeness (QED) is 0.150. The number of carbonyl (C=O) groups excluding carboxylic acids is 1. The van der Waals surface area contributed by atoms with Crippen molar-refractivity contribution in [2.75, 3.05) is 26.7 Å². The largest absolute Gasteiger partial charge is 0.416 e. The van der Waals surface area contributed by atoms with Gasteiger partial charge in [0, 0.05) is 18.2 Å². The summed E-state index contributed by atoms with van der Waals surface area (Å²) in [6, 6.07) is 24.8. The summed E-state index contributed by atoms with van der Waals surface area (Å²) in [5, 5.41) is 5.46. The standard InChI is InChI=1S/C25H34N2.C8H5F3O/c1-5-15-27(20(2)3)17-10-16-26(4)19-25-23-13-8-6-11-21(23)18-22-12-7-9-14-24(22)25;9-8(10,11)7-3-1-2-6(4-7)5-12/h6-9,11-14,18,20H,5,10,15-17,19H2,1-4H3;1-5H. The van der Waals surface area contributed by atoms with E-state index >= 15 is 0 Å². The molecule has 0 spiro atoms. The minimum atomic E-state index is -4.38. The van der Waals surface area contributed by atoms with E-state index in [0.29, 0.717) is 12.3 Å². The lowest BCUT2D eigenvalue weighted by Gasteiger charge is -2.27. The number of fused-ring (bicyclic) bond motifs is 2. The smallest absolute Gasteiger partial charge is 0.302 e. The Labute approximate surface area is 230 Å².